The van der Waals surface area contributed by atoms with Gasteiger partial charge in [-0.1, -0.05) is 84.4 Å². The maximum absolute atomic E-state index is 13.4. The molecule has 6 atom stereocenters. The summed E-state index contributed by atoms with van der Waals surface area (Å²) in [7, 11) is 0. The van der Waals surface area contributed by atoms with Crippen molar-refractivity contribution in [1.82, 2.24) is 33.6 Å². The molecule has 6 aromatic heterocycles. The fourth-order valence-corrected chi connectivity index (χ4v) is 13.4. The molecule has 3 aliphatic heterocycles. The Bertz CT molecular complexity index is 4790. The second-order valence-corrected chi connectivity index (χ2v) is 24.3. The molecule has 92 heavy (non-hydrogen) atoms. The Hall–Kier alpha value is -8.80. The normalized spacial score (nSPS) is 19.2. The van der Waals surface area contributed by atoms with E-state index >= 15 is 0 Å². The van der Waals surface area contributed by atoms with E-state index in [4.69, 9.17) is 49.0 Å². The van der Waals surface area contributed by atoms with Crippen LogP contribution in [0.25, 0.3) is 65.0 Å². The van der Waals surface area contributed by atoms with Gasteiger partial charge >= 0.3 is 0 Å². The Morgan fingerprint density at radius 1 is 0.435 bits per heavy atom. The number of nitrogens with zero attached hydrogens (tertiary/aromatic N) is 9. The first-order chi connectivity index (χ1) is 44.7. The number of aliphatic hydroxyl groups excluding tert-OH is 3. The maximum atomic E-state index is 13.4. The fraction of sp³-hybridized carbons (Fsp3) is 0.261. The number of ether oxygens (including phenoxy) is 3. The number of benzene rings is 6. The van der Waals surface area contributed by atoms with Crippen LogP contribution in [0.5, 0.6) is 0 Å². The van der Waals surface area contributed by atoms with E-state index in [1.807, 2.05) is 103 Å². The smallest absolute Gasteiger partial charge is 0.286 e. The number of halogens is 3. The van der Waals surface area contributed by atoms with Crippen LogP contribution >= 0.6 is 34.8 Å². The molecule has 3 N–H and O–H groups in total. The predicted octanol–water partition coefficient (Wildman–Crippen LogP) is 9.01. The van der Waals surface area contributed by atoms with Gasteiger partial charge in [0.1, 0.15) is 5.15 Å². The summed E-state index contributed by atoms with van der Waals surface area (Å²) in [6.07, 6.45) is 10.1. The highest BCUT2D eigenvalue weighted by Crippen LogP contribution is 2.33. The second kappa shape index (κ2) is 26.8. The summed E-state index contributed by atoms with van der Waals surface area (Å²) < 4.78 is 21.7. The lowest BCUT2D eigenvalue weighted by atomic mass is 9.96. The standard InChI is InChI=1S/2C23H20ClN3O4.C23H20ClN3O3/c2*24-21-10-14(5-7-27(21)30)9-15-11-18-22(17-4-2-1-3-16(15)17)25-13-26(23(18)29)19-6-8-31-12-20(19)28;24-21-10-14(5-7-25-21)9-15-11-18-22(17-4-2-1-3-16(15)17)26-13-27(23(18)29)19-6-8-30-12-20(19)28/h2*1-5,7,10-11,13,19-20,28H,6,8-9,12H2;1-5,7,10-11,13,19-20,28H,6,8-9,12H2/t3*19-,20-/m000/s1. The van der Waals surface area contributed by atoms with Gasteiger partial charge in [-0.2, -0.15) is 9.46 Å². The second-order valence-electron chi connectivity index (χ2n) is 23.2. The molecule has 3 aliphatic rings. The van der Waals surface area contributed by atoms with Crippen LogP contribution in [0.4, 0.5) is 0 Å². The molecule has 0 aliphatic carbocycles. The Labute approximate surface area is 539 Å². The first-order valence-electron chi connectivity index (χ1n) is 30.0. The highest BCUT2D eigenvalue weighted by molar-refractivity contribution is 6.29. The Morgan fingerprint density at radius 3 is 1.08 bits per heavy atom. The molecule has 0 amide bonds. The summed E-state index contributed by atoms with van der Waals surface area (Å²) in [6, 6.07) is 38.6. The number of hydrogen-bond acceptors (Lipinski definition) is 15. The molecule has 6 aromatic carbocycles. The minimum Gasteiger partial charge on any atom is -0.618 e. The third kappa shape index (κ3) is 12.5. The van der Waals surface area contributed by atoms with Crippen LogP contribution in [0.3, 0.4) is 0 Å². The van der Waals surface area contributed by atoms with E-state index in [1.54, 1.807) is 41.4 Å². The zero-order valence-corrected chi connectivity index (χ0v) is 51.6. The predicted molar refractivity (Wildman–Crippen MR) is 350 cm³/mol. The van der Waals surface area contributed by atoms with Crippen molar-refractivity contribution in [2.75, 3.05) is 39.6 Å². The van der Waals surface area contributed by atoms with Gasteiger partial charge in [0.15, 0.2) is 12.4 Å². The Kier molecular flexibility index (Phi) is 18.1. The SMILES string of the molecule is O=c1c2cc(Cc3cc[n+]([O-])c(Cl)c3)c3ccccc3c2ncn1[C@H]1CCOC[C@@H]1O.O=c1c2cc(Cc3cc[n+]([O-])c(Cl)c3)c3ccccc3c2ncn1[C@H]1CCOC[C@@H]1O.O=c1c2cc(Cc3ccnc(Cl)c3)c3ccccc3c2ncn1[C@H]1CCOC[C@@H]1O. The zero-order valence-electron chi connectivity index (χ0n) is 49.3. The van der Waals surface area contributed by atoms with Crippen molar-refractivity contribution < 1.29 is 39.0 Å². The lowest BCUT2D eigenvalue weighted by Crippen LogP contribution is -2.39. The van der Waals surface area contributed by atoms with Crippen molar-refractivity contribution in [2.24, 2.45) is 0 Å². The van der Waals surface area contributed by atoms with E-state index in [9.17, 15) is 40.1 Å². The van der Waals surface area contributed by atoms with Gasteiger partial charge in [-0.15, -0.1) is 0 Å². The van der Waals surface area contributed by atoms with Crippen molar-refractivity contribution in [1.29, 1.82) is 0 Å². The van der Waals surface area contributed by atoms with E-state index < -0.39 is 18.3 Å². The average Bonchev–Trinajstić information content (AvgIpc) is 0.777. The van der Waals surface area contributed by atoms with Crippen LogP contribution in [-0.2, 0) is 33.5 Å². The van der Waals surface area contributed by atoms with Gasteiger partial charge in [0.05, 0.1) is 108 Å². The van der Waals surface area contributed by atoms with Crippen molar-refractivity contribution in [3.05, 3.63) is 255 Å². The van der Waals surface area contributed by atoms with Crippen molar-refractivity contribution in [3.63, 3.8) is 0 Å². The van der Waals surface area contributed by atoms with Crippen molar-refractivity contribution >= 4 is 99.8 Å². The Morgan fingerprint density at radius 2 is 0.761 bits per heavy atom. The number of pyridine rings is 3. The van der Waals surface area contributed by atoms with Crippen LogP contribution in [0.1, 0.15) is 70.8 Å². The molecule has 9 heterocycles. The molecule has 0 unspecified atom stereocenters. The summed E-state index contributed by atoms with van der Waals surface area (Å²) in [5.74, 6) is 0. The number of aliphatic hydroxyl groups is 3. The summed E-state index contributed by atoms with van der Waals surface area (Å²) >= 11 is 18.0. The molecule has 0 bridgehead atoms. The van der Waals surface area contributed by atoms with E-state index in [0.29, 0.717) is 106 Å². The number of rotatable bonds is 9. The summed E-state index contributed by atoms with van der Waals surface area (Å²) in [5.41, 5.74) is 7.05. The lowest BCUT2D eigenvalue weighted by molar-refractivity contribution is -0.603. The minimum absolute atomic E-state index is 0.0973. The van der Waals surface area contributed by atoms with Crippen LogP contribution in [-0.4, -0.2) is 107 Å². The molecule has 15 rings (SSSR count). The first kappa shape index (κ1) is 62.0. The van der Waals surface area contributed by atoms with Gasteiger partial charge in [0, 0.05) is 66.4 Å². The third-order valence-electron chi connectivity index (χ3n) is 17.4. The van der Waals surface area contributed by atoms with Crippen LogP contribution in [0.15, 0.2) is 179 Å². The third-order valence-corrected chi connectivity index (χ3v) is 18.2. The first-order valence-corrected chi connectivity index (χ1v) is 31.2. The number of fused-ring (bicyclic) bond motifs is 9. The lowest BCUT2D eigenvalue weighted by Gasteiger charge is -2.29. The van der Waals surface area contributed by atoms with Gasteiger partial charge in [-0.3, -0.25) is 28.1 Å². The molecule has 3 saturated heterocycles. The van der Waals surface area contributed by atoms with E-state index in [1.165, 1.54) is 34.2 Å². The molecule has 12 aromatic rings. The van der Waals surface area contributed by atoms with Crippen LogP contribution in [0, 0.1) is 10.4 Å². The van der Waals surface area contributed by atoms with E-state index in [2.05, 4.69) is 19.9 Å². The quantitative estimate of drug-likeness (QED) is 0.0527. The number of hydrogen-bond donors (Lipinski definition) is 3. The maximum Gasteiger partial charge on any atom is 0.286 e. The van der Waals surface area contributed by atoms with Gasteiger partial charge in [-0.25, -0.2) is 19.9 Å². The average molecular weight is 1300 g/mol. The monoisotopic (exact) mass is 1300 g/mol. The van der Waals surface area contributed by atoms with E-state index in [0.717, 1.165) is 65.7 Å². The molecule has 0 saturated carbocycles. The van der Waals surface area contributed by atoms with Crippen LogP contribution in [0.2, 0.25) is 15.5 Å². The molecular formula is C69H60Cl3N9O11. The van der Waals surface area contributed by atoms with Crippen LogP contribution < -0.4 is 26.1 Å². The largest absolute Gasteiger partial charge is 0.618 e. The van der Waals surface area contributed by atoms with E-state index in [-0.39, 0.29) is 64.9 Å². The molecular weight excluding hydrogens is 1240 g/mol. The minimum atomic E-state index is -0.754. The molecule has 0 radical (unpaired) electrons. The molecule has 468 valence electrons. The van der Waals surface area contributed by atoms with Gasteiger partial charge in [-0.05, 0) is 142 Å². The zero-order chi connectivity index (χ0) is 63.7. The molecule has 3 fully saturated rings. The van der Waals surface area contributed by atoms with Crippen molar-refractivity contribution in [2.45, 2.75) is 75.0 Å². The molecule has 20 nitrogen and oxygen atoms in total. The summed E-state index contributed by atoms with van der Waals surface area (Å²) in [5, 5.41) is 62.0. The Balaban J connectivity index is 0.000000126. The molecule has 23 heteroatoms. The van der Waals surface area contributed by atoms with Gasteiger partial charge in [0.2, 0.25) is 0 Å². The highest BCUT2D eigenvalue weighted by atomic mass is 35.5. The number of aromatic nitrogens is 9. The summed E-state index contributed by atoms with van der Waals surface area (Å²) in [4.78, 5) is 58.1. The molecule has 0 spiro atoms. The topological polar surface area (TPSA) is 260 Å². The fourth-order valence-electron chi connectivity index (χ4n) is 12.8. The highest BCUT2D eigenvalue weighted by Gasteiger charge is 2.30. The summed E-state index contributed by atoms with van der Waals surface area (Å²) in [6.45, 7) is 2.12. The van der Waals surface area contributed by atoms with Gasteiger partial charge in [0.25, 0.3) is 27.0 Å². The van der Waals surface area contributed by atoms with Gasteiger partial charge < -0.3 is 39.9 Å². The van der Waals surface area contributed by atoms with Crippen molar-refractivity contribution in [3.8, 4) is 0 Å².